The van der Waals surface area contributed by atoms with Gasteiger partial charge in [0, 0.05) is 18.6 Å². The molecule has 7 aliphatic rings. The fraction of sp³-hybridized carbons (Fsp3) is 0.522. The first kappa shape index (κ1) is 113. The van der Waals surface area contributed by atoms with Crippen LogP contribution in [-0.4, -0.2) is 290 Å². The molecule has 8 unspecified atom stereocenters. The molecule has 64 nitrogen and oxygen atoms in total. The Bertz CT molecular complexity index is 5320. The number of halogens is 6. The number of imidazole rings is 1. The summed E-state index contributed by atoms with van der Waals surface area (Å²) in [5.74, 6) is -7.35. The lowest BCUT2D eigenvalue weighted by Crippen LogP contribution is -2.55. The lowest BCUT2D eigenvalue weighted by Gasteiger charge is -2.36. The van der Waals surface area contributed by atoms with E-state index in [9.17, 15) is 131 Å². The molecule has 22 atom stereocenters. The van der Waals surface area contributed by atoms with Crippen molar-refractivity contribution in [3.8, 4) is 12.3 Å². The van der Waals surface area contributed by atoms with E-state index in [1.807, 2.05) is 0 Å². The topological polar surface area (TPSA) is 992 Å². The predicted octanol–water partition coefficient (Wildman–Crippen LogP) is -2.07. The van der Waals surface area contributed by atoms with Crippen LogP contribution in [0.3, 0.4) is 0 Å². The number of terminal acetylenes is 1. The highest BCUT2D eigenvalue weighted by Gasteiger charge is 2.70. The van der Waals surface area contributed by atoms with Gasteiger partial charge in [0.15, 0.2) is 52.9 Å². The standard InChI is InChI=1S/C12H16F2N3O12P3.C11H18F2N3O12P3.C11H17FN5O13P3.C11H19FN3O13P3.CH4/c1-3-11(6-26-31(22,23)29-32(24,25)28-30(19,20)21)9(18)12(13,14)10(27-11)17-5-4-8(15)16-7(17)2;1-6-15-7(14)3-4-16(6)9-11(12,13)8(17)10(2,26-9)5-25-30(21,22)28-31(23,24)27-29(18,19)20;12-2-11(19)7(18)5(1-27-32(23,24)30-33(25,26)29-31(20,21)22)28-10(11)17-4-16-6-8(13)14-3-15-9(6)17;1-6-14-8(13)2-3-15(6)10-11(17,5-12)9(16)7(26-10)4-25-30(21,22)28-31(23,24)27-29(18,19)20;/h1,4-5,9-10,18H,2,6H2,(H2,15,16)(H,22,23)(H,24,25)(H2,19,20,21);3-4,8-9,17H,1,5H2,2H3,(H2,14,15)(H,21,22)(H,23,24)(H2,18,19,20);3-5,7,10,18-19H,1-2H2,(H,23,24)(H,25,26)(H2,13,14,15)(H2,20,21,22);2-3,7,9-10,16-17H,1,4-5H2,(H2,13,14)(H,21,22)(H,23,24)(H2,18,19,20);1H4/t9-,10-,11-;8-,9-,10-;5-,7-,10-,11-;7-,9-,10-,11-;/m1111./s1. The zero-order chi connectivity index (χ0) is 97.4. The number of amidine groups is 3. The number of phosphoric ester groups is 4. The molecule has 9 rings (SSSR count). The summed E-state index contributed by atoms with van der Waals surface area (Å²) in [5.41, 5.74) is 11.6. The Morgan fingerprint density at radius 1 is 0.469 bits per heavy atom. The molecule has 0 spiro atoms. The minimum atomic E-state index is -5.88. The number of hydrogen-bond donors (Lipinski definition) is 26. The van der Waals surface area contributed by atoms with Crippen LogP contribution in [0.15, 0.2) is 102 Å². The number of aliphatic hydroxyl groups excluding tert-OH is 4. The number of nitrogens with zero attached hydrogens (tertiary/aromatic N) is 10. The van der Waals surface area contributed by atoms with Gasteiger partial charge >= 0.3 is 106 Å². The molecule has 82 heteroatoms. The second-order valence-corrected chi connectivity index (χ2v) is 42.9. The molecule has 9 heterocycles. The van der Waals surface area contributed by atoms with Gasteiger partial charge in [-0.1, -0.05) is 33.1 Å². The molecule has 128 heavy (non-hydrogen) atoms. The summed E-state index contributed by atoms with van der Waals surface area (Å²) in [7, 11) is -68.2. The largest absolute Gasteiger partial charge is 0.490 e. The minimum absolute atomic E-state index is 0. The second-order valence-electron chi connectivity index (χ2n) is 25.2. The van der Waals surface area contributed by atoms with Gasteiger partial charge in [0.2, 0.25) is 12.5 Å². The van der Waals surface area contributed by atoms with Crippen LogP contribution in [0.1, 0.15) is 20.6 Å². The molecule has 4 fully saturated rings. The van der Waals surface area contributed by atoms with Gasteiger partial charge in [0.05, 0.1) is 26.1 Å². The maximum absolute atomic E-state index is 14.7. The summed E-state index contributed by atoms with van der Waals surface area (Å²) in [6.07, 6.45) is -6.96. The van der Waals surface area contributed by atoms with E-state index < -0.39 is 229 Å². The third-order valence-electron chi connectivity index (χ3n) is 15.7. The molecule has 2 aromatic heterocycles. The maximum atomic E-state index is 14.7. The van der Waals surface area contributed by atoms with Crippen LogP contribution in [0.4, 0.5) is 32.2 Å². The van der Waals surface area contributed by atoms with Crippen molar-refractivity contribution in [2.24, 2.45) is 32.2 Å². The summed E-state index contributed by atoms with van der Waals surface area (Å²) in [5, 5.41) is 62.0. The number of anilines is 1. The monoisotopic (exact) mass is 2110 g/mol. The van der Waals surface area contributed by atoms with E-state index in [0.29, 0.717) is 4.90 Å². The molecule has 0 bridgehead atoms. The van der Waals surface area contributed by atoms with Gasteiger partial charge in [-0.15, -0.1) is 6.42 Å². The quantitative estimate of drug-likeness (QED) is 0.0203. The van der Waals surface area contributed by atoms with E-state index in [1.54, 1.807) is 5.92 Å². The number of nitrogens with two attached hydrogens (primary N) is 4. The summed E-state index contributed by atoms with van der Waals surface area (Å²) < 4.78 is 289. The maximum Gasteiger partial charge on any atom is 0.490 e. The Balaban J connectivity index is 0.000000302. The van der Waals surface area contributed by atoms with Gasteiger partial charge in [-0.05, 0) is 25.2 Å². The SMILES string of the molecule is C.C#C[C@]1(COP(=O)(O)OP(=O)(O)OP(=O)(O)O)O[C@@H](N2C=CC(N)=NC2=C)C(F)(F)[C@@H]1O.C=C1N=C(N)C=CN1[C@@H]1O[C@H](COP(=O)(O)OP(=O)(O)OP(=O)(O)O)[C@@H](O)[C@]1(O)CF.C=C1N=C(N)C=CN1[C@@H]1O[C@](C)(COP(=O)(O)OP(=O)(O)OP(=O)(O)O)[C@@H](O)C1(F)F.Nc1ncnc2c1ncn2[C@@H]1O[C@H](COP(=O)(O)OP(=O)(O)OP(=O)(O)O)[C@@H](O)[C@]1(O)CF. The molecule has 0 saturated carbocycles. The number of hydrogen-bond acceptors (Lipinski definition) is 47. The van der Waals surface area contributed by atoms with Gasteiger partial charge in [0.25, 0.3) is 0 Å². The first-order valence-corrected chi connectivity index (χ1v) is 50.0. The van der Waals surface area contributed by atoms with E-state index in [-0.39, 0.29) is 59.4 Å². The van der Waals surface area contributed by atoms with Gasteiger partial charge < -0.3 is 166 Å². The predicted molar refractivity (Wildman–Crippen MR) is 399 cm³/mol. The molecular weight excluding hydrogens is 2030 g/mol. The van der Waals surface area contributed by atoms with Crippen molar-refractivity contribution in [2.75, 3.05) is 45.5 Å². The molecule has 2 aromatic rings. The first-order valence-electron chi connectivity index (χ1n) is 31.9. The van der Waals surface area contributed by atoms with Gasteiger partial charge in [0.1, 0.15) is 96.8 Å². The Morgan fingerprint density at radius 2 is 0.789 bits per heavy atom. The molecule has 0 amide bonds. The summed E-state index contributed by atoms with van der Waals surface area (Å²) in [6.45, 7) is 3.02. The van der Waals surface area contributed by atoms with E-state index in [0.717, 1.165) is 58.5 Å². The summed E-state index contributed by atoms with van der Waals surface area (Å²) >= 11 is 0. The van der Waals surface area contributed by atoms with E-state index in [4.69, 9.17) is 107 Å². The third kappa shape index (κ3) is 29.7. The molecule has 0 aliphatic carbocycles. The van der Waals surface area contributed by atoms with E-state index >= 15 is 0 Å². The minimum Gasteiger partial charge on any atom is -0.387 e. The van der Waals surface area contributed by atoms with Crippen molar-refractivity contribution in [1.29, 1.82) is 0 Å². The zero-order valence-electron chi connectivity index (χ0n) is 62.0. The van der Waals surface area contributed by atoms with Crippen molar-refractivity contribution in [3.05, 3.63) is 86.7 Å². The Kier molecular flexibility index (Phi) is 36.2. The molecule has 0 radical (unpaired) electrons. The molecule has 730 valence electrons. The fourth-order valence-electron chi connectivity index (χ4n) is 10.5. The average molecular weight is 2110 g/mol. The van der Waals surface area contributed by atoms with Gasteiger partial charge in [-0.3, -0.25) is 22.7 Å². The number of aliphatic hydroxyl groups is 6. The lowest BCUT2D eigenvalue weighted by atomic mass is 9.95. The van der Waals surface area contributed by atoms with Crippen molar-refractivity contribution in [2.45, 2.75) is 110 Å². The Morgan fingerprint density at radius 3 is 1.13 bits per heavy atom. The van der Waals surface area contributed by atoms with Crippen LogP contribution in [-0.2, 0) is 126 Å². The van der Waals surface area contributed by atoms with Crippen LogP contribution in [0.2, 0.25) is 0 Å². The van der Waals surface area contributed by atoms with Crippen LogP contribution in [0.25, 0.3) is 11.2 Å². The zero-order valence-corrected chi connectivity index (χ0v) is 72.8. The number of phosphoric acid groups is 12. The van der Waals surface area contributed by atoms with E-state index in [1.165, 1.54) is 12.3 Å². The third-order valence-corrected chi connectivity index (χ3v) is 30.9. The van der Waals surface area contributed by atoms with Crippen LogP contribution in [0, 0.1) is 12.3 Å². The van der Waals surface area contributed by atoms with Gasteiger partial charge in [-0.25, -0.2) is 93.5 Å². The molecule has 7 aliphatic heterocycles. The van der Waals surface area contributed by atoms with Crippen LogP contribution < -0.4 is 22.9 Å². The number of aliphatic imine (C=N–C) groups is 3. The Hall–Kier alpha value is -5.02. The van der Waals surface area contributed by atoms with Crippen molar-refractivity contribution < 1.29 is 262 Å². The highest BCUT2D eigenvalue weighted by atomic mass is 31.3. The molecule has 0 aromatic carbocycles. The highest BCUT2D eigenvalue weighted by Crippen LogP contribution is 2.71. The number of nitrogen functional groups attached to an aromatic ring is 1. The number of rotatable bonds is 34. The normalized spacial score (nSPS) is 31.4. The smallest absolute Gasteiger partial charge is 0.387 e. The highest BCUT2D eigenvalue weighted by molar-refractivity contribution is 7.68. The Labute approximate surface area is 708 Å². The van der Waals surface area contributed by atoms with Gasteiger partial charge in [-0.2, -0.15) is 52.0 Å². The second kappa shape index (κ2) is 40.9. The number of alkyl halides is 6. The van der Waals surface area contributed by atoms with E-state index in [2.05, 4.69) is 102 Å². The van der Waals surface area contributed by atoms with Crippen molar-refractivity contribution in [1.82, 2.24) is 34.2 Å². The average Bonchev–Trinajstić information content (AvgIpc) is 1.49. The van der Waals surface area contributed by atoms with Crippen LogP contribution >= 0.6 is 93.9 Å². The molecule has 4 saturated heterocycles. The first-order chi connectivity index (χ1) is 57.2. The van der Waals surface area contributed by atoms with Crippen molar-refractivity contribution in [3.63, 3.8) is 0 Å². The van der Waals surface area contributed by atoms with Crippen LogP contribution in [0.5, 0.6) is 0 Å². The lowest BCUT2D eigenvalue weighted by molar-refractivity contribution is -0.152. The number of aromatic nitrogens is 4. The number of ether oxygens (including phenoxy) is 4. The number of fused-ring (bicyclic) bond motifs is 1. The van der Waals surface area contributed by atoms with Crippen molar-refractivity contribution >= 4 is 128 Å². The fourth-order valence-corrected chi connectivity index (χ4v) is 22.7. The summed E-state index contributed by atoms with van der Waals surface area (Å²) in [6, 6.07) is 0. The molecule has 30 N–H and O–H groups in total. The molecular formula is C46H74F6N14O50P12. The summed E-state index contributed by atoms with van der Waals surface area (Å²) in [4.78, 5) is 167.